The van der Waals surface area contributed by atoms with E-state index in [0.717, 1.165) is 5.56 Å². The van der Waals surface area contributed by atoms with Crippen LogP contribution >= 0.6 is 0 Å². The molecule has 1 unspecified atom stereocenters. The number of nitrogens with two attached hydrogens (primary N) is 1. The molecular weight excluding hydrogens is 370 g/mol. The fraction of sp³-hybridized carbons (Fsp3) is 0.227. The normalized spacial score (nSPS) is 11.8. The topological polar surface area (TPSA) is 107 Å². The fourth-order valence-electron chi connectivity index (χ4n) is 2.67. The number of esters is 1. The zero-order chi connectivity index (χ0) is 20.8. The van der Waals surface area contributed by atoms with Gasteiger partial charge in [0.05, 0.1) is 0 Å². The summed E-state index contributed by atoms with van der Waals surface area (Å²) < 4.78 is 10.8. The van der Waals surface area contributed by atoms with E-state index in [1.54, 1.807) is 24.3 Å². The van der Waals surface area contributed by atoms with Crippen LogP contribution in [0.5, 0.6) is 0 Å². The highest BCUT2D eigenvalue weighted by atomic mass is 16.5. The van der Waals surface area contributed by atoms with Gasteiger partial charge in [-0.1, -0.05) is 44.2 Å². The van der Waals surface area contributed by atoms with Crippen molar-refractivity contribution in [1.29, 1.82) is 0 Å². The molecule has 1 heterocycles. The average molecular weight is 393 g/mol. The Morgan fingerprint density at radius 2 is 1.79 bits per heavy atom. The summed E-state index contributed by atoms with van der Waals surface area (Å²) in [6.45, 7) is 3.80. The van der Waals surface area contributed by atoms with Crippen LogP contribution in [0.1, 0.15) is 29.9 Å². The van der Waals surface area contributed by atoms with Crippen LogP contribution in [0.3, 0.4) is 0 Å². The van der Waals surface area contributed by atoms with Gasteiger partial charge in [-0.3, -0.25) is 4.79 Å². The van der Waals surface area contributed by atoms with Crippen molar-refractivity contribution in [2.75, 3.05) is 5.73 Å². The molecule has 0 aliphatic heterocycles. The quantitative estimate of drug-likeness (QED) is 0.470. The lowest BCUT2D eigenvalue weighted by atomic mass is 10.0. The van der Waals surface area contributed by atoms with Crippen molar-refractivity contribution in [3.05, 3.63) is 72.1 Å². The van der Waals surface area contributed by atoms with Crippen LogP contribution in [0.25, 0.3) is 11.5 Å². The first-order valence-corrected chi connectivity index (χ1v) is 9.27. The molecule has 2 aromatic carbocycles. The predicted octanol–water partition coefficient (Wildman–Crippen LogP) is 3.42. The summed E-state index contributed by atoms with van der Waals surface area (Å²) in [5.74, 6) is -0.876. The molecule has 0 saturated carbocycles. The number of amides is 1. The molecule has 150 valence electrons. The van der Waals surface area contributed by atoms with E-state index in [4.69, 9.17) is 14.9 Å². The Hall–Kier alpha value is -3.61. The fourth-order valence-corrected chi connectivity index (χ4v) is 2.67. The van der Waals surface area contributed by atoms with Crippen molar-refractivity contribution in [2.24, 2.45) is 5.92 Å². The maximum atomic E-state index is 12.6. The molecule has 0 saturated heterocycles. The van der Waals surface area contributed by atoms with E-state index < -0.39 is 17.9 Å². The maximum absolute atomic E-state index is 12.6. The van der Waals surface area contributed by atoms with Gasteiger partial charge in [0.2, 0.25) is 5.89 Å². The van der Waals surface area contributed by atoms with Gasteiger partial charge in [0.25, 0.3) is 5.91 Å². The van der Waals surface area contributed by atoms with Crippen LogP contribution in [-0.2, 0) is 16.1 Å². The van der Waals surface area contributed by atoms with Gasteiger partial charge in [-0.15, -0.1) is 0 Å². The highest BCUT2D eigenvalue weighted by molar-refractivity contribution is 5.95. The number of carbonyl (C=O) groups is 2. The number of anilines is 1. The monoisotopic (exact) mass is 393 g/mol. The Morgan fingerprint density at radius 3 is 2.45 bits per heavy atom. The zero-order valence-corrected chi connectivity index (χ0v) is 16.3. The predicted molar refractivity (Wildman–Crippen MR) is 109 cm³/mol. The number of oxazole rings is 1. The summed E-state index contributed by atoms with van der Waals surface area (Å²) >= 11 is 0. The Kier molecular flexibility index (Phi) is 6.29. The molecule has 29 heavy (non-hydrogen) atoms. The Morgan fingerprint density at radius 1 is 1.10 bits per heavy atom. The molecule has 0 bridgehead atoms. The van der Waals surface area contributed by atoms with Gasteiger partial charge in [-0.25, -0.2) is 9.78 Å². The third-order valence-corrected chi connectivity index (χ3v) is 4.33. The Bertz CT molecular complexity index is 965. The van der Waals surface area contributed by atoms with Crippen LogP contribution in [0, 0.1) is 5.92 Å². The number of carbonyl (C=O) groups excluding carboxylic acids is 2. The number of rotatable bonds is 7. The van der Waals surface area contributed by atoms with Crippen LogP contribution in [0.2, 0.25) is 0 Å². The van der Waals surface area contributed by atoms with E-state index in [1.165, 1.54) is 6.26 Å². The van der Waals surface area contributed by atoms with E-state index in [0.29, 0.717) is 17.1 Å². The van der Waals surface area contributed by atoms with Gasteiger partial charge in [0, 0.05) is 11.3 Å². The molecular formula is C22H23N3O4. The van der Waals surface area contributed by atoms with E-state index in [-0.39, 0.29) is 18.2 Å². The highest BCUT2D eigenvalue weighted by Gasteiger charge is 2.27. The van der Waals surface area contributed by atoms with Gasteiger partial charge in [0.15, 0.2) is 5.69 Å². The number of ether oxygens (including phenoxy) is 1. The van der Waals surface area contributed by atoms with E-state index in [9.17, 15) is 9.59 Å². The smallest absolute Gasteiger partial charge is 0.329 e. The molecule has 1 atom stereocenters. The molecule has 7 heteroatoms. The van der Waals surface area contributed by atoms with Crippen molar-refractivity contribution >= 4 is 17.6 Å². The largest absolute Gasteiger partial charge is 0.459 e. The SMILES string of the molecule is CC(C)C(NC(=O)c1coc(-c2ccc(N)cc2)n1)C(=O)OCc1ccccc1. The molecule has 0 aliphatic carbocycles. The molecule has 0 spiro atoms. The summed E-state index contributed by atoms with van der Waals surface area (Å²) in [5, 5.41) is 2.69. The lowest BCUT2D eigenvalue weighted by Crippen LogP contribution is -2.45. The highest BCUT2D eigenvalue weighted by Crippen LogP contribution is 2.20. The number of nitrogen functional groups attached to an aromatic ring is 1. The first kappa shape index (κ1) is 20.1. The summed E-state index contributed by atoms with van der Waals surface area (Å²) in [6, 6.07) is 15.5. The van der Waals surface area contributed by atoms with Crippen LogP contribution in [-0.4, -0.2) is 22.9 Å². The Balaban J connectivity index is 1.65. The third kappa shape index (κ3) is 5.22. The molecule has 3 aromatic rings. The first-order chi connectivity index (χ1) is 13.9. The van der Waals surface area contributed by atoms with Gasteiger partial charge < -0.3 is 20.2 Å². The second-order valence-electron chi connectivity index (χ2n) is 6.95. The second kappa shape index (κ2) is 9.05. The first-order valence-electron chi connectivity index (χ1n) is 9.27. The van der Waals surface area contributed by atoms with E-state index >= 15 is 0 Å². The average Bonchev–Trinajstić information content (AvgIpc) is 3.21. The number of hydrogen-bond acceptors (Lipinski definition) is 6. The summed E-state index contributed by atoms with van der Waals surface area (Å²) in [7, 11) is 0. The van der Waals surface area contributed by atoms with Crippen molar-refractivity contribution in [3.63, 3.8) is 0 Å². The van der Waals surface area contributed by atoms with Gasteiger partial charge in [-0.05, 0) is 35.7 Å². The molecule has 0 aliphatic rings. The summed E-state index contributed by atoms with van der Waals surface area (Å²) in [4.78, 5) is 29.3. The van der Waals surface area contributed by atoms with Crippen molar-refractivity contribution in [3.8, 4) is 11.5 Å². The number of nitrogens with zero attached hydrogens (tertiary/aromatic N) is 1. The minimum Gasteiger partial charge on any atom is -0.459 e. The number of nitrogens with one attached hydrogen (secondary N) is 1. The lowest BCUT2D eigenvalue weighted by molar-refractivity contribution is -0.148. The van der Waals surface area contributed by atoms with Crippen LogP contribution in [0.15, 0.2) is 65.3 Å². The summed E-state index contributed by atoms with van der Waals surface area (Å²) in [5.41, 5.74) is 7.94. The molecule has 0 fully saturated rings. The van der Waals surface area contributed by atoms with Gasteiger partial charge in [0.1, 0.15) is 18.9 Å². The molecule has 7 nitrogen and oxygen atoms in total. The molecule has 3 N–H and O–H groups in total. The molecule has 0 radical (unpaired) electrons. The van der Waals surface area contributed by atoms with E-state index in [2.05, 4.69) is 10.3 Å². The zero-order valence-electron chi connectivity index (χ0n) is 16.3. The minimum absolute atomic E-state index is 0.0818. The molecule has 1 aromatic heterocycles. The van der Waals surface area contributed by atoms with Crippen molar-refractivity contribution < 1.29 is 18.7 Å². The lowest BCUT2D eigenvalue weighted by Gasteiger charge is -2.20. The Labute approximate surface area is 168 Å². The van der Waals surface area contributed by atoms with Gasteiger partial charge in [-0.2, -0.15) is 0 Å². The number of hydrogen-bond donors (Lipinski definition) is 2. The van der Waals surface area contributed by atoms with Gasteiger partial charge >= 0.3 is 5.97 Å². The summed E-state index contributed by atoms with van der Waals surface area (Å²) in [6.07, 6.45) is 1.26. The minimum atomic E-state index is -0.803. The van der Waals surface area contributed by atoms with E-state index in [1.807, 2.05) is 44.2 Å². The van der Waals surface area contributed by atoms with Crippen LogP contribution in [0.4, 0.5) is 5.69 Å². The molecule has 3 rings (SSSR count). The number of benzene rings is 2. The second-order valence-corrected chi connectivity index (χ2v) is 6.95. The standard InChI is InChI=1S/C22H23N3O4/c1-14(2)19(22(27)29-12-15-6-4-3-5-7-15)25-20(26)18-13-28-21(24-18)16-8-10-17(23)11-9-16/h3-11,13-14,19H,12,23H2,1-2H3,(H,25,26). The number of aromatic nitrogens is 1. The van der Waals surface area contributed by atoms with Crippen LogP contribution < -0.4 is 11.1 Å². The third-order valence-electron chi connectivity index (χ3n) is 4.33. The molecule has 1 amide bonds. The van der Waals surface area contributed by atoms with Crippen molar-refractivity contribution in [1.82, 2.24) is 10.3 Å². The maximum Gasteiger partial charge on any atom is 0.329 e. The van der Waals surface area contributed by atoms with Crippen molar-refractivity contribution in [2.45, 2.75) is 26.5 Å².